The van der Waals surface area contributed by atoms with Gasteiger partial charge in [0.05, 0.1) is 25.4 Å². The molecule has 0 saturated carbocycles. The van der Waals surface area contributed by atoms with Crippen LogP contribution in [-0.2, 0) is 0 Å². The zero-order chi connectivity index (χ0) is 28.1. The Bertz CT molecular complexity index is 731. The van der Waals surface area contributed by atoms with Crippen molar-refractivity contribution in [1.82, 2.24) is 0 Å². The molecule has 0 saturated heterocycles. The summed E-state index contributed by atoms with van der Waals surface area (Å²) in [5.41, 5.74) is 0. The summed E-state index contributed by atoms with van der Waals surface area (Å²) in [7, 11) is 0. The Hall–Kier alpha value is 2.72. The zero-order valence-corrected chi connectivity index (χ0v) is 32.5. The van der Waals surface area contributed by atoms with Crippen LogP contribution in [0.15, 0.2) is 25.4 Å². The van der Waals surface area contributed by atoms with Gasteiger partial charge in [0.1, 0.15) is 0 Å². The number of rotatable bonds is 24. The van der Waals surface area contributed by atoms with Crippen molar-refractivity contribution in [2.24, 2.45) is 0 Å². The van der Waals surface area contributed by atoms with Gasteiger partial charge in [0.15, 0.2) is 0 Å². The summed E-state index contributed by atoms with van der Waals surface area (Å²) in [6, 6.07) is 0. The average Bonchev–Trinajstić information content (AvgIpc) is 3.59. The topological polar surface area (TPSA) is 0 Å². The second kappa shape index (κ2) is 24.9. The highest BCUT2D eigenvalue weighted by Crippen LogP contribution is 2.67. The first kappa shape index (κ1) is 37.2. The van der Waals surface area contributed by atoms with Crippen molar-refractivity contribution in [2.75, 3.05) is 34.5 Å². The van der Waals surface area contributed by atoms with Gasteiger partial charge in [-0.15, -0.1) is 47.0 Å². The Morgan fingerprint density at radius 2 is 0.725 bits per heavy atom. The molecular formula is C30H50S10. The molecule has 3 rings (SSSR count). The first-order valence-corrected chi connectivity index (χ1v) is 24.0. The number of hydrogen-bond acceptors (Lipinski definition) is 10. The van der Waals surface area contributed by atoms with Crippen molar-refractivity contribution in [3.8, 4) is 0 Å². The van der Waals surface area contributed by atoms with E-state index in [1.165, 1.54) is 139 Å². The fourth-order valence-corrected chi connectivity index (χ4v) is 17.3. The van der Waals surface area contributed by atoms with Crippen LogP contribution in [0.3, 0.4) is 0 Å². The van der Waals surface area contributed by atoms with Gasteiger partial charge in [-0.2, -0.15) is 25.3 Å². The minimum absolute atomic E-state index is 1.05. The van der Waals surface area contributed by atoms with E-state index in [0.29, 0.717) is 0 Å². The minimum Gasteiger partial charge on any atom is -0.179 e. The molecule has 230 valence electrons. The molecule has 0 N–H and O–H groups in total. The van der Waals surface area contributed by atoms with E-state index in [-0.39, 0.29) is 0 Å². The predicted octanol–water partition coefficient (Wildman–Crippen LogP) is 14.2. The molecule has 0 spiro atoms. The molecule has 0 unspecified atom stereocenters. The molecule has 40 heavy (non-hydrogen) atoms. The standard InChI is InChI=1S/C30H50S10/c31-19-15-11-7-3-1-5-9-13-17-21-33-25-26(34-22-18-14-10-6-2-4-8-12-16-20-32)38-29(37-25)30-39-27-28(40-30)36-24-23-35-27/h31-32H,1-24H2. The summed E-state index contributed by atoms with van der Waals surface area (Å²) >= 11 is 25.4. The number of thiol groups is 2. The first-order chi connectivity index (χ1) is 19.8. The SMILES string of the molecule is SCCCCCCCCCCCSC1=C(SCCCCCCCCCCCS)SC(=C2SC3=C(SCCS3)S2)S1. The largest absolute Gasteiger partial charge is 0.179 e. The van der Waals surface area contributed by atoms with Gasteiger partial charge in [-0.05, 0) is 48.7 Å². The fourth-order valence-electron chi connectivity index (χ4n) is 4.57. The van der Waals surface area contributed by atoms with E-state index in [9.17, 15) is 0 Å². The lowest BCUT2D eigenvalue weighted by Crippen LogP contribution is -1.88. The summed E-state index contributed by atoms with van der Waals surface area (Å²) < 4.78 is 9.47. The van der Waals surface area contributed by atoms with E-state index in [1.807, 2.05) is 0 Å². The van der Waals surface area contributed by atoms with Gasteiger partial charge in [-0.1, -0.05) is 137 Å². The third-order valence-electron chi connectivity index (χ3n) is 6.86. The minimum atomic E-state index is 1.05. The molecule has 0 aromatic heterocycles. The van der Waals surface area contributed by atoms with Gasteiger partial charge in [0.25, 0.3) is 0 Å². The monoisotopic (exact) mass is 730 g/mol. The van der Waals surface area contributed by atoms with Crippen molar-refractivity contribution in [3.05, 3.63) is 25.4 Å². The zero-order valence-electron chi connectivity index (χ0n) is 24.1. The van der Waals surface area contributed by atoms with Crippen LogP contribution < -0.4 is 0 Å². The van der Waals surface area contributed by atoms with Gasteiger partial charge in [0, 0.05) is 11.5 Å². The third kappa shape index (κ3) is 15.8. The summed E-state index contributed by atoms with van der Waals surface area (Å²) in [5.74, 6) is 7.21. The molecule has 3 heterocycles. The quantitative estimate of drug-likeness (QED) is 0.0735. The highest BCUT2D eigenvalue weighted by Gasteiger charge is 2.31. The summed E-state index contributed by atoms with van der Waals surface area (Å²) in [5, 5.41) is 0. The number of thioether (sulfide) groups is 8. The van der Waals surface area contributed by atoms with Crippen LogP contribution >= 0.6 is 119 Å². The van der Waals surface area contributed by atoms with Crippen molar-refractivity contribution < 1.29 is 0 Å². The van der Waals surface area contributed by atoms with Gasteiger partial charge in [-0.25, -0.2) is 0 Å². The molecule has 0 fully saturated rings. The second-order valence-corrected chi connectivity index (χ2v) is 21.3. The molecule has 0 aromatic rings. The van der Waals surface area contributed by atoms with Crippen LogP contribution in [0.2, 0.25) is 0 Å². The normalized spacial score (nSPS) is 17.6. The van der Waals surface area contributed by atoms with Crippen LogP contribution in [0.4, 0.5) is 0 Å². The lowest BCUT2D eigenvalue weighted by atomic mass is 10.1. The fraction of sp³-hybridized carbons (Fsp3) is 0.800. The van der Waals surface area contributed by atoms with Crippen LogP contribution in [0.5, 0.6) is 0 Å². The Labute approximate surface area is 292 Å². The van der Waals surface area contributed by atoms with Gasteiger partial charge < -0.3 is 0 Å². The van der Waals surface area contributed by atoms with E-state index in [2.05, 4.69) is 119 Å². The molecule has 0 radical (unpaired) electrons. The average molecular weight is 731 g/mol. The van der Waals surface area contributed by atoms with Gasteiger partial charge >= 0.3 is 0 Å². The summed E-state index contributed by atoms with van der Waals surface area (Å²) in [6.45, 7) is 0. The molecule has 0 bridgehead atoms. The molecule has 0 aliphatic carbocycles. The lowest BCUT2D eigenvalue weighted by molar-refractivity contribution is 0.574. The van der Waals surface area contributed by atoms with Crippen molar-refractivity contribution in [3.63, 3.8) is 0 Å². The highest BCUT2D eigenvalue weighted by atomic mass is 32.3. The molecule has 0 nitrogen and oxygen atoms in total. The predicted molar refractivity (Wildman–Crippen MR) is 212 cm³/mol. The molecule has 3 aliphatic rings. The van der Waals surface area contributed by atoms with Crippen LogP contribution in [0.1, 0.15) is 116 Å². The molecule has 10 heteroatoms. The first-order valence-electron chi connectivity index (χ1n) is 15.5. The van der Waals surface area contributed by atoms with Gasteiger partial charge in [0.2, 0.25) is 0 Å². The third-order valence-corrected chi connectivity index (χ3v) is 19.5. The highest BCUT2D eigenvalue weighted by molar-refractivity contribution is 8.45. The molecule has 0 aromatic carbocycles. The van der Waals surface area contributed by atoms with E-state index < -0.39 is 0 Å². The van der Waals surface area contributed by atoms with Crippen LogP contribution in [0, 0.1) is 0 Å². The lowest BCUT2D eigenvalue weighted by Gasteiger charge is -2.08. The van der Waals surface area contributed by atoms with E-state index in [1.54, 1.807) is 25.4 Å². The Morgan fingerprint density at radius 1 is 0.400 bits per heavy atom. The Kier molecular flexibility index (Phi) is 23.1. The maximum atomic E-state index is 4.32. The Balaban J connectivity index is 1.34. The Morgan fingerprint density at radius 3 is 1.10 bits per heavy atom. The van der Waals surface area contributed by atoms with Crippen molar-refractivity contribution in [2.45, 2.75) is 116 Å². The van der Waals surface area contributed by atoms with Gasteiger partial charge in [-0.3, -0.25) is 0 Å². The smallest absolute Gasteiger partial charge is 0.0717 e. The van der Waals surface area contributed by atoms with Crippen molar-refractivity contribution >= 4 is 119 Å². The van der Waals surface area contributed by atoms with E-state index in [0.717, 1.165) is 11.5 Å². The van der Waals surface area contributed by atoms with Crippen LogP contribution in [0.25, 0.3) is 0 Å². The molecule has 0 atom stereocenters. The summed E-state index contributed by atoms with van der Waals surface area (Å²) in [4.78, 5) is 0. The van der Waals surface area contributed by atoms with Crippen molar-refractivity contribution in [1.29, 1.82) is 0 Å². The van der Waals surface area contributed by atoms with E-state index >= 15 is 0 Å². The maximum absolute atomic E-state index is 4.32. The second-order valence-electron chi connectivity index (χ2n) is 10.3. The summed E-state index contributed by atoms with van der Waals surface area (Å²) in [6.07, 6.45) is 25.0. The maximum Gasteiger partial charge on any atom is 0.0717 e. The molecule has 3 aliphatic heterocycles. The molecule has 0 amide bonds. The van der Waals surface area contributed by atoms with Crippen LogP contribution in [-0.4, -0.2) is 34.5 Å². The number of unbranched alkanes of at least 4 members (excludes halogenated alkanes) is 16. The number of hydrogen-bond donors (Lipinski definition) is 2. The van der Waals surface area contributed by atoms with E-state index in [4.69, 9.17) is 0 Å². The molecular weight excluding hydrogens is 681 g/mol.